The fourth-order valence-corrected chi connectivity index (χ4v) is 2.33. The van der Waals surface area contributed by atoms with Gasteiger partial charge in [0.1, 0.15) is 0 Å². The summed E-state index contributed by atoms with van der Waals surface area (Å²) < 4.78 is 0. The highest BCUT2D eigenvalue weighted by Gasteiger charge is 1.96. The Morgan fingerprint density at radius 3 is 2.27 bits per heavy atom. The molecule has 22 heavy (non-hydrogen) atoms. The Labute approximate surface area is 134 Å². The number of hydrogen-bond donors (Lipinski definition) is 1. The summed E-state index contributed by atoms with van der Waals surface area (Å²) in [7, 11) is 4.12. The molecule has 0 aromatic heterocycles. The lowest BCUT2D eigenvalue weighted by Gasteiger charge is -2.12. The third kappa shape index (κ3) is 8.55. The van der Waals surface area contributed by atoms with Gasteiger partial charge in [0, 0.05) is 37.8 Å². The van der Waals surface area contributed by atoms with Crippen LogP contribution in [0.2, 0.25) is 0 Å². The molecule has 0 atom stereocenters. The molecule has 0 aliphatic rings. The molecule has 0 saturated heterocycles. The molecule has 0 fully saturated rings. The predicted octanol–water partition coefficient (Wildman–Crippen LogP) is 4.49. The van der Waals surface area contributed by atoms with Crippen LogP contribution < -0.4 is 10.2 Å². The standard InChI is InChI=1S/C17H29N5/c1-22(2)17-11-9-16(10-12-17)15-19-13-7-5-3-4-6-8-14-20-21-18/h9-12,19H,3-8,13-15H2,1-2H3. The maximum atomic E-state index is 8.16. The zero-order valence-electron chi connectivity index (χ0n) is 14.0. The maximum absolute atomic E-state index is 8.16. The first kappa shape index (κ1) is 18.3. The molecule has 1 N–H and O–H groups in total. The second-order valence-corrected chi connectivity index (χ2v) is 5.81. The molecule has 0 aliphatic heterocycles. The van der Waals surface area contributed by atoms with Crippen LogP contribution in [0.5, 0.6) is 0 Å². The van der Waals surface area contributed by atoms with Crippen LogP contribution in [-0.2, 0) is 6.54 Å². The van der Waals surface area contributed by atoms with Gasteiger partial charge in [-0.2, -0.15) is 0 Å². The van der Waals surface area contributed by atoms with Gasteiger partial charge in [0.15, 0.2) is 0 Å². The van der Waals surface area contributed by atoms with Crippen LogP contribution >= 0.6 is 0 Å². The summed E-state index contributed by atoms with van der Waals surface area (Å²) in [6, 6.07) is 8.69. The summed E-state index contributed by atoms with van der Waals surface area (Å²) in [5, 5.41) is 7.04. The molecular weight excluding hydrogens is 274 g/mol. The Morgan fingerprint density at radius 2 is 1.64 bits per heavy atom. The van der Waals surface area contributed by atoms with Gasteiger partial charge in [-0.3, -0.25) is 0 Å². The van der Waals surface area contributed by atoms with Gasteiger partial charge in [-0.05, 0) is 42.6 Å². The highest BCUT2D eigenvalue weighted by atomic mass is 15.1. The summed E-state index contributed by atoms with van der Waals surface area (Å²) >= 11 is 0. The predicted molar refractivity (Wildman–Crippen MR) is 94.2 cm³/mol. The highest BCUT2D eigenvalue weighted by molar-refractivity contribution is 5.45. The van der Waals surface area contributed by atoms with Crippen LogP contribution in [0.3, 0.4) is 0 Å². The topological polar surface area (TPSA) is 64.0 Å². The highest BCUT2D eigenvalue weighted by Crippen LogP contribution is 2.12. The number of azide groups is 1. The quantitative estimate of drug-likeness (QED) is 0.267. The zero-order valence-corrected chi connectivity index (χ0v) is 14.0. The minimum atomic E-state index is 0.644. The molecule has 0 saturated carbocycles. The minimum Gasteiger partial charge on any atom is -0.378 e. The molecule has 0 heterocycles. The SMILES string of the molecule is CN(C)c1ccc(CNCCCCCCCCN=[N+]=[N-])cc1. The maximum Gasteiger partial charge on any atom is 0.0361 e. The van der Waals surface area contributed by atoms with Crippen molar-refractivity contribution in [2.24, 2.45) is 5.11 Å². The van der Waals surface area contributed by atoms with Crippen molar-refractivity contribution in [3.8, 4) is 0 Å². The molecule has 0 unspecified atom stereocenters. The third-order valence-corrected chi connectivity index (χ3v) is 3.71. The molecule has 0 bridgehead atoms. The Hall–Kier alpha value is -1.71. The average Bonchev–Trinajstić information content (AvgIpc) is 2.53. The summed E-state index contributed by atoms with van der Waals surface area (Å²) in [5.41, 5.74) is 10.7. The Kier molecular flexibility index (Phi) is 9.92. The lowest BCUT2D eigenvalue weighted by atomic mass is 10.1. The zero-order chi connectivity index (χ0) is 16.0. The monoisotopic (exact) mass is 303 g/mol. The average molecular weight is 303 g/mol. The Bertz CT molecular complexity index is 435. The lowest BCUT2D eigenvalue weighted by molar-refractivity contribution is 0.567. The van der Waals surface area contributed by atoms with Gasteiger partial charge < -0.3 is 10.2 Å². The van der Waals surface area contributed by atoms with Gasteiger partial charge in [0.05, 0.1) is 0 Å². The fourth-order valence-electron chi connectivity index (χ4n) is 2.33. The van der Waals surface area contributed by atoms with Crippen molar-refractivity contribution < 1.29 is 0 Å². The largest absolute Gasteiger partial charge is 0.378 e. The van der Waals surface area contributed by atoms with E-state index in [0.29, 0.717) is 6.54 Å². The van der Waals surface area contributed by atoms with Crippen molar-refractivity contribution in [2.75, 3.05) is 32.1 Å². The molecule has 122 valence electrons. The van der Waals surface area contributed by atoms with E-state index in [1.807, 2.05) is 0 Å². The molecular formula is C17H29N5. The van der Waals surface area contributed by atoms with E-state index in [-0.39, 0.29) is 0 Å². The first-order valence-corrected chi connectivity index (χ1v) is 8.22. The van der Waals surface area contributed by atoms with Crippen molar-refractivity contribution in [3.63, 3.8) is 0 Å². The van der Waals surface area contributed by atoms with E-state index in [1.54, 1.807) is 0 Å². The summed E-state index contributed by atoms with van der Waals surface area (Å²) in [6.45, 7) is 2.67. The molecule has 0 amide bonds. The number of benzene rings is 1. The van der Waals surface area contributed by atoms with E-state index < -0.39 is 0 Å². The van der Waals surface area contributed by atoms with Crippen LogP contribution in [0, 0.1) is 0 Å². The second-order valence-electron chi connectivity index (χ2n) is 5.81. The molecule has 1 aromatic carbocycles. The van der Waals surface area contributed by atoms with Crippen LogP contribution in [0.15, 0.2) is 29.4 Å². The smallest absolute Gasteiger partial charge is 0.0361 e. The Morgan fingerprint density at radius 1 is 1.00 bits per heavy atom. The van der Waals surface area contributed by atoms with Crippen molar-refractivity contribution >= 4 is 5.69 Å². The summed E-state index contributed by atoms with van der Waals surface area (Å²) in [6.07, 6.45) is 7.21. The molecule has 0 spiro atoms. The first-order valence-electron chi connectivity index (χ1n) is 8.22. The van der Waals surface area contributed by atoms with Crippen molar-refractivity contribution in [1.82, 2.24) is 5.32 Å². The van der Waals surface area contributed by atoms with Gasteiger partial charge in [-0.15, -0.1) is 0 Å². The number of unbranched alkanes of at least 4 members (excludes halogenated alkanes) is 5. The number of nitrogens with one attached hydrogen (secondary N) is 1. The lowest BCUT2D eigenvalue weighted by Crippen LogP contribution is -2.15. The van der Waals surface area contributed by atoms with Gasteiger partial charge in [-0.25, -0.2) is 0 Å². The van der Waals surface area contributed by atoms with Gasteiger partial charge in [0.2, 0.25) is 0 Å². The van der Waals surface area contributed by atoms with Crippen LogP contribution in [0.4, 0.5) is 5.69 Å². The summed E-state index contributed by atoms with van der Waals surface area (Å²) in [5.74, 6) is 0. The summed E-state index contributed by atoms with van der Waals surface area (Å²) in [4.78, 5) is 4.87. The minimum absolute atomic E-state index is 0.644. The molecule has 5 nitrogen and oxygen atoms in total. The third-order valence-electron chi connectivity index (χ3n) is 3.71. The van der Waals surface area contributed by atoms with Crippen LogP contribution in [-0.4, -0.2) is 27.2 Å². The molecule has 5 heteroatoms. The van der Waals surface area contributed by atoms with E-state index in [2.05, 4.69) is 58.6 Å². The number of hydrogen-bond acceptors (Lipinski definition) is 3. The van der Waals surface area contributed by atoms with E-state index in [4.69, 9.17) is 5.53 Å². The molecule has 1 rings (SSSR count). The van der Waals surface area contributed by atoms with Crippen LogP contribution in [0.25, 0.3) is 10.4 Å². The molecule has 0 radical (unpaired) electrons. The van der Waals surface area contributed by atoms with Gasteiger partial charge in [-0.1, -0.05) is 42.9 Å². The van der Waals surface area contributed by atoms with Gasteiger partial charge in [0.25, 0.3) is 0 Å². The number of rotatable bonds is 12. The van der Waals surface area contributed by atoms with E-state index in [1.165, 1.54) is 43.4 Å². The fraction of sp³-hybridized carbons (Fsp3) is 0.647. The van der Waals surface area contributed by atoms with Gasteiger partial charge >= 0.3 is 0 Å². The van der Waals surface area contributed by atoms with E-state index >= 15 is 0 Å². The number of nitrogens with zero attached hydrogens (tertiary/aromatic N) is 4. The molecule has 0 aliphatic carbocycles. The van der Waals surface area contributed by atoms with E-state index in [9.17, 15) is 0 Å². The second kappa shape index (κ2) is 11.9. The first-order chi connectivity index (χ1) is 10.7. The van der Waals surface area contributed by atoms with Crippen molar-refractivity contribution in [2.45, 2.75) is 45.1 Å². The van der Waals surface area contributed by atoms with Crippen LogP contribution in [0.1, 0.15) is 44.1 Å². The van der Waals surface area contributed by atoms with Crippen molar-refractivity contribution in [1.29, 1.82) is 0 Å². The number of anilines is 1. The Balaban J connectivity index is 1.96. The van der Waals surface area contributed by atoms with E-state index in [0.717, 1.165) is 19.5 Å². The molecule has 1 aromatic rings. The van der Waals surface area contributed by atoms with Crippen molar-refractivity contribution in [3.05, 3.63) is 40.3 Å². The normalized spacial score (nSPS) is 10.3.